The molecule has 2 unspecified atom stereocenters. The second-order valence-corrected chi connectivity index (χ2v) is 9.87. The van der Waals surface area contributed by atoms with Crippen LogP contribution in [0.15, 0.2) is 32.3 Å². The van der Waals surface area contributed by atoms with Crippen LogP contribution in [0.4, 0.5) is 15.9 Å². The lowest BCUT2D eigenvalue weighted by Gasteiger charge is -2.29. The van der Waals surface area contributed by atoms with Crippen molar-refractivity contribution in [3.63, 3.8) is 0 Å². The van der Waals surface area contributed by atoms with E-state index in [1.165, 1.54) is 18.2 Å². The second-order valence-electron chi connectivity index (χ2n) is 7.64. The Morgan fingerprint density at radius 1 is 1.34 bits per heavy atom. The maximum atomic E-state index is 13.4. The van der Waals surface area contributed by atoms with Crippen LogP contribution in [-0.2, 0) is 10.2 Å². The van der Waals surface area contributed by atoms with Crippen molar-refractivity contribution in [2.24, 2.45) is 22.0 Å². The Morgan fingerprint density at radius 3 is 2.84 bits per heavy atom. The molecule has 1 aliphatic carbocycles. The molecule has 32 heavy (non-hydrogen) atoms. The van der Waals surface area contributed by atoms with E-state index in [4.69, 9.17) is 9.77 Å². The number of hydrogen-bond acceptors (Lipinski definition) is 8. The van der Waals surface area contributed by atoms with E-state index < -0.39 is 16.0 Å². The molecule has 1 fully saturated rings. The van der Waals surface area contributed by atoms with Crippen LogP contribution in [0.1, 0.15) is 37.8 Å². The van der Waals surface area contributed by atoms with Gasteiger partial charge in [-0.3, -0.25) is 10.7 Å². The van der Waals surface area contributed by atoms with E-state index in [9.17, 15) is 18.0 Å². The van der Waals surface area contributed by atoms with Crippen LogP contribution in [0, 0.1) is 17.7 Å². The highest BCUT2D eigenvalue weighted by atomic mass is 79.9. The fourth-order valence-corrected chi connectivity index (χ4v) is 4.54. The molecule has 11 nitrogen and oxygen atoms in total. The lowest BCUT2D eigenvalue weighted by Crippen LogP contribution is -2.33. The standard InChI is InChI=1S/C18H25BrFN7O4S/c19-14-9-13(4-5-15(14)20)24-18(25-28)16-17(27-31-26-16)22-10-12-3-1-2-11(8-12)6-7-23-32(21,29)30/h4-5,9,11-12,23,28H,1-3,6-8,10H2,(H,22,27)(H,24,25)(H2,21,29,30). The molecule has 1 heterocycles. The Bertz CT molecular complexity index is 1050. The topological polar surface area (TPSA) is 168 Å². The third-order valence-corrected chi connectivity index (χ3v) is 6.48. The highest BCUT2D eigenvalue weighted by Crippen LogP contribution is 2.31. The number of anilines is 1. The minimum atomic E-state index is -3.67. The molecule has 1 saturated carbocycles. The van der Waals surface area contributed by atoms with E-state index in [0.717, 1.165) is 32.1 Å². The van der Waals surface area contributed by atoms with E-state index in [1.54, 1.807) is 0 Å². The lowest BCUT2D eigenvalue weighted by atomic mass is 9.80. The third kappa shape index (κ3) is 7.20. The van der Waals surface area contributed by atoms with Crippen molar-refractivity contribution in [2.75, 3.05) is 18.4 Å². The van der Waals surface area contributed by atoms with Gasteiger partial charge in [-0.2, -0.15) is 8.42 Å². The summed E-state index contributed by atoms with van der Waals surface area (Å²) in [6.45, 7) is 0.920. The van der Waals surface area contributed by atoms with E-state index in [0.29, 0.717) is 36.4 Å². The molecule has 0 spiro atoms. The van der Waals surface area contributed by atoms with Crippen molar-refractivity contribution < 1.29 is 22.6 Å². The summed E-state index contributed by atoms with van der Waals surface area (Å²) >= 11 is 3.09. The number of rotatable bonds is 9. The van der Waals surface area contributed by atoms with Crippen molar-refractivity contribution in [1.82, 2.24) is 20.5 Å². The third-order valence-electron chi connectivity index (χ3n) is 5.27. The minimum Gasteiger partial charge on any atom is -0.365 e. The number of nitrogens with one attached hydrogen (secondary N) is 3. The van der Waals surface area contributed by atoms with Crippen molar-refractivity contribution in [3.05, 3.63) is 34.2 Å². The summed E-state index contributed by atoms with van der Waals surface area (Å²) in [6.07, 6.45) is 4.76. The molecule has 3 rings (SSSR count). The van der Waals surface area contributed by atoms with Gasteiger partial charge in [-0.25, -0.2) is 23.9 Å². The highest BCUT2D eigenvalue weighted by Gasteiger charge is 2.24. The fourth-order valence-electron chi connectivity index (χ4n) is 3.77. The van der Waals surface area contributed by atoms with Gasteiger partial charge in [0.25, 0.3) is 10.2 Å². The van der Waals surface area contributed by atoms with Crippen LogP contribution in [0.5, 0.6) is 0 Å². The Hall–Kier alpha value is -2.13. The number of nitrogens with zero attached hydrogens (tertiary/aromatic N) is 3. The molecular weight excluding hydrogens is 509 g/mol. The molecule has 1 aromatic heterocycles. The first-order valence-electron chi connectivity index (χ1n) is 10.0. The van der Waals surface area contributed by atoms with Gasteiger partial charge >= 0.3 is 0 Å². The fraction of sp³-hybridized carbons (Fsp3) is 0.500. The number of hydroxylamine groups is 1. The molecule has 0 aliphatic heterocycles. The summed E-state index contributed by atoms with van der Waals surface area (Å²) in [5.74, 6) is 0.614. The predicted octanol–water partition coefficient (Wildman–Crippen LogP) is 2.43. The monoisotopic (exact) mass is 533 g/mol. The minimum absolute atomic E-state index is 0.0113. The van der Waals surface area contributed by atoms with Gasteiger partial charge in [-0.15, -0.1) is 0 Å². The van der Waals surface area contributed by atoms with E-state index >= 15 is 0 Å². The summed E-state index contributed by atoms with van der Waals surface area (Å²) in [5, 5.41) is 25.3. The van der Waals surface area contributed by atoms with Gasteiger partial charge in [-0.1, -0.05) is 12.8 Å². The van der Waals surface area contributed by atoms with Crippen LogP contribution < -0.4 is 20.7 Å². The first-order chi connectivity index (χ1) is 15.2. The lowest BCUT2D eigenvalue weighted by molar-refractivity contribution is 0.234. The van der Waals surface area contributed by atoms with Gasteiger partial charge in [0, 0.05) is 13.1 Å². The summed E-state index contributed by atoms with van der Waals surface area (Å²) in [7, 11) is -3.67. The summed E-state index contributed by atoms with van der Waals surface area (Å²) in [6, 6.07) is 4.15. The summed E-state index contributed by atoms with van der Waals surface area (Å²) in [5.41, 5.74) is 2.54. The predicted molar refractivity (Wildman–Crippen MR) is 119 cm³/mol. The zero-order valence-electron chi connectivity index (χ0n) is 17.1. The molecule has 2 atom stereocenters. The molecule has 14 heteroatoms. The Morgan fingerprint density at radius 2 is 2.12 bits per heavy atom. The molecule has 6 N–H and O–H groups in total. The van der Waals surface area contributed by atoms with E-state index in [1.807, 2.05) is 5.48 Å². The molecular formula is C18H25BrFN7O4S. The number of aromatic nitrogens is 2. The Kier molecular flexibility index (Phi) is 8.53. The van der Waals surface area contributed by atoms with E-state index in [-0.39, 0.29) is 16.0 Å². The molecule has 0 saturated heterocycles. The van der Waals surface area contributed by atoms with Crippen LogP contribution >= 0.6 is 15.9 Å². The Balaban J connectivity index is 1.60. The average Bonchev–Trinajstić information content (AvgIpc) is 3.21. The first-order valence-corrected chi connectivity index (χ1v) is 12.4. The quantitative estimate of drug-likeness (QED) is 0.186. The normalized spacial score (nSPS) is 19.7. The number of hydrogen-bond donors (Lipinski definition) is 5. The van der Waals surface area contributed by atoms with Gasteiger partial charge in [0.1, 0.15) is 5.82 Å². The Labute approximate surface area is 193 Å². The zero-order chi connectivity index (χ0) is 23.1. The number of benzene rings is 1. The van der Waals surface area contributed by atoms with Crippen LogP contribution in [0.25, 0.3) is 0 Å². The number of halogens is 2. The smallest absolute Gasteiger partial charge is 0.274 e. The molecule has 176 valence electrons. The average molecular weight is 534 g/mol. The van der Waals surface area contributed by atoms with Gasteiger partial charge < -0.3 is 5.32 Å². The van der Waals surface area contributed by atoms with Crippen molar-refractivity contribution >= 4 is 43.5 Å². The number of aliphatic imine (C=N–C) groups is 1. The summed E-state index contributed by atoms with van der Waals surface area (Å²) < 4.78 is 42.8. The van der Waals surface area contributed by atoms with Crippen molar-refractivity contribution in [2.45, 2.75) is 32.1 Å². The maximum Gasteiger partial charge on any atom is 0.274 e. The molecule has 1 aromatic carbocycles. The number of amidine groups is 1. The summed E-state index contributed by atoms with van der Waals surface area (Å²) in [4.78, 5) is 4.23. The van der Waals surface area contributed by atoms with Gasteiger partial charge in [0.15, 0.2) is 11.5 Å². The molecule has 1 aliphatic rings. The zero-order valence-corrected chi connectivity index (χ0v) is 19.5. The number of nitrogens with two attached hydrogens (primary N) is 1. The van der Waals surface area contributed by atoms with Crippen LogP contribution in [0.3, 0.4) is 0 Å². The second kappa shape index (κ2) is 11.1. The van der Waals surface area contributed by atoms with E-state index in [2.05, 4.69) is 41.3 Å². The molecule has 2 aromatic rings. The van der Waals surface area contributed by atoms with Gasteiger partial charge in [0.05, 0.1) is 10.2 Å². The maximum absolute atomic E-state index is 13.4. The molecule has 0 amide bonds. The largest absolute Gasteiger partial charge is 0.365 e. The van der Waals surface area contributed by atoms with Crippen molar-refractivity contribution in [3.8, 4) is 0 Å². The molecule has 0 bridgehead atoms. The van der Waals surface area contributed by atoms with Gasteiger partial charge in [0.2, 0.25) is 5.82 Å². The SMILES string of the molecule is NS(=O)(=O)NCCC1CCCC(CNc2nonc2C(=Nc2ccc(F)c(Br)c2)NO)C1. The van der Waals surface area contributed by atoms with Crippen LogP contribution in [-0.4, -0.2) is 42.9 Å². The highest BCUT2D eigenvalue weighted by molar-refractivity contribution is 9.10. The molecule has 0 radical (unpaired) electrons. The van der Waals surface area contributed by atoms with Gasteiger partial charge in [-0.05, 0) is 75.5 Å². The first kappa shape index (κ1) is 24.5. The van der Waals surface area contributed by atoms with Crippen molar-refractivity contribution in [1.29, 1.82) is 0 Å². The van der Waals surface area contributed by atoms with Crippen LogP contribution in [0.2, 0.25) is 0 Å².